The Balaban J connectivity index is 1.48. The number of rotatable bonds is 3. The second-order valence-corrected chi connectivity index (χ2v) is 5.63. The standard InChI is InChI=1S/C13H18N2O4/c16-11(5-9-3-1-2-4-9)14-6-10(7-14)15-12(17)8-19-13(15)18/h9-10H,1-8H2. The normalized spacial score (nSPS) is 24.8. The quantitative estimate of drug-likeness (QED) is 0.756. The molecule has 0 bridgehead atoms. The minimum atomic E-state index is -0.571. The number of carbonyl (C=O) groups is 3. The molecule has 19 heavy (non-hydrogen) atoms. The van der Waals surface area contributed by atoms with Crippen LogP contribution in [-0.4, -0.2) is 53.4 Å². The van der Waals surface area contributed by atoms with Gasteiger partial charge in [-0.3, -0.25) is 9.59 Å². The molecule has 1 aliphatic carbocycles. The van der Waals surface area contributed by atoms with Crippen molar-refractivity contribution in [2.45, 2.75) is 38.1 Å². The number of hydrogen-bond acceptors (Lipinski definition) is 4. The van der Waals surface area contributed by atoms with Crippen LogP contribution in [0.3, 0.4) is 0 Å². The molecule has 2 heterocycles. The molecule has 104 valence electrons. The molecule has 0 N–H and O–H groups in total. The van der Waals surface area contributed by atoms with Gasteiger partial charge in [-0.15, -0.1) is 0 Å². The molecule has 0 aromatic carbocycles. The first-order chi connectivity index (χ1) is 9.15. The number of imide groups is 1. The third kappa shape index (κ3) is 2.31. The van der Waals surface area contributed by atoms with Gasteiger partial charge in [0.05, 0.1) is 6.04 Å². The zero-order chi connectivity index (χ0) is 13.4. The Morgan fingerprint density at radius 1 is 1.21 bits per heavy atom. The summed E-state index contributed by atoms with van der Waals surface area (Å²) in [7, 11) is 0. The van der Waals surface area contributed by atoms with Crippen LogP contribution in [0, 0.1) is 5.92 Å². The van der Waals surface area contributed by atoms with Gasteiger partial charge in [-0.05, 0) is 18.8 Å². The number of cyclic esters (lactones) is 1. The highest BCUT2D eigenvalue weighted by Gasteiger charge is 2.44. The molecule has 2 aliphatic heterocycles. The molecule has 3 fully saturated rings. The Hall–Kier alpha value is -1.59. The molecule has 0 unspecified atom stereocenters. The lowest BCUT2D eigenvalue weighted by atomic mass is 10.0. The Morgan fingerprint density at radius 2 is 1.89 bits per heavy atom. The number of nitrogens with zero attached hydrogens (tertiary/aromatic N) is 2. The van der Waals surface area contributed by atoms with Crippen LogP contribution in [0.25, 0.3) is 0 Å². The largest absolute Gasteiger partial charge is 0.439 e. The summed E-state index contributed by atoms with van der Waals surface area (Å²) in [5, 5.41) is 0. The highest BCUT2D eigenvalue weighted by Crippen LogP contribution is 2.29. The summed E-state index contributed by atoms with van der Waals surface area (Å²) in [6, 6.07) is -0.185. The second kappa shape index (κ2) is 4.83. The van der Waals surface area contributed by atoms with Crippen molar-refractivity contribution >= 4 is 17.9 Å². The summed E-state index contributed by atoms with van der Waals surface area (Å²) >= 11 is 0. The van der Waals surface area contributed by atoms with E-state index in [2.05, 4.69) is 4.74 Å². The van der Waals surface area contributed by atoms with E-state index in [-0.39, 0.29) is 24.5 Å². The Bertz CT molecular complexity index is 395. The van der Waals surface area contributed by atoms with Crippen LogP contribution in [0.2, 0.25) is 0 Å². The van der Waals surface area contributed by atoms with Crippen LogP contribution in [0.1, 0.15) is 32.1 Å². The van der Waals surface area contributed by atoms with Gasteiger partial charge < -0.3 is 9.64 Å². The monoisotopic (exact) mass is 266 g/mol. The molecule has 0 spiro atoms. The van der Waals surface area contributed by atoms with Crippen LogP contribution < -0.4 is 0 Å². The van der Waals surface area contributed by atoms with Gasteiger partial charge in [0.15, 0.2) is 6.61 Å². The van der Waals surface area contributed by atoms with Crippen molar-refractivity contribution in [3.8, 4) is 0 Å². The summed E-state index contributed by atoms with van der Waals surface area (Å²) in [5.74, 6) is 0.394. The van der Waals surface area contributed by atoms with Crippen LogP contribution in [0.4, 0.5) is 4.79 Å². The number of ether oxygens (including phenoxy) is 1. The molecule has 0 radical (unpaired) electrons. The number of likely N-dealkylation sites (tertiary alicyclic amines) is 1. The lowest BCUT2D eigenvalue weighted by Crippen LogP contribution is -2.62. The molecule has 6 heteroatoms. The third-order valence-electron chi connectivity index (χ3n) is 4.30. The molecular weight excluding hydrogens is 248 g/mol. The number of hydrogen-bond donors (Lipinski definition) is 0. The Morgan fingerprint density at radius 3 is 2.47 bits per heavy atom. The first-order valence-electron chi connectivity index (χ1n) is 6.91. The molecular formula is C13H18N2O4. The Labute approximate surface area is 111 Å². The van der Waals surface area contributed by atoms with Crippen molar-refractivity contribution in [2.24, 2.45) is 5.92 Å². The lowest BCUT2D eigenvalue weighted by molar-refractivity contribution is -0.142. The predicted octanol–water partition coefficient (Wildman–Crippen LogP) is 0.756. The minimum absolute atomic E-state index is 0.156. The van der Waals surface area contributed by atoms with Crippen LogP contribution in [0.5, 0.6) is 0 Å². The van der Waals surface area contributed by atoms with E-state index in [0.29, 0.717) is 25.4 Å². The fourth-order valence-electron chi connectivity index (χ4n) is 3.13. The van der Waals surface area contributed by atoms with E-state index < -0.39 is 6.09 Å². The average molecular weight is 266 g/mol. The smallest absolute Gasteiger partial charge is 0.417 e. The SMILES string of the molecule is O=C(CC1CCCC1)N1CC(N2C(=O)COC2=O)C1. The number of carbonyl (C=O) groups excluding carboxylic acids is 3. The molecule has 3 amide bonds. The van der Waals surface area contributed by atoms with Gasteiger partial charge in [0, 0.05) is 19.5 Å². The summed E-state index contributed by atoms with van der Waals surface area (Å²) < 4.78 is 4.67. The molecule has 2 saturated heterocycles. The molecule has 0 aromatic rings. The van der Waals surface area contributed by atoms with E-state index in [1.54, 1.807) is 4.90 Å². The summed E-state index contributed by atoms with van der Waals surface area (Å²) in [4.78, 5) is 37.7. The fourth-order valence-corrected chi connectivity index (χ4v) is 3.13. The van der Waals surface area contributed by atoms with Crippen molar-refractivity contribution in [3.63, 3.8) is 0 Å². The van der Waals surface area contributed by atoms with E-state index >= 15 is 0 Å². The molecule has 0 atom stereocenters. The lowest BCUT2D eigenvalue weighted by Gasteiger charge is -2.42. The molecule has 0 aromatic heterocycles. The highest BCUT2D eigenvalue weighted by molar-refractivity contribution is 5.98. The third-order valence-corrected chi connectivity index (χ3v) is 4.30. The Kier molecular flexibility index (Phi) is 3.16. The van der Waals surface area contributed by atoms with Crippen LogP contribution >= 0.6 is 0 Å². The van der Waals surface area contributed by atoms with Gasteiger partial charge in [0.25, 0.3) is 5.91 Å². The van der Waals surface area contributed by atoms with Gasteiger partial charge in [-0.25, -0.2) is 9.69 Å². The van der Waals surface area contributed by atoms with Crippen molar-refractivity contribution in [2.75, 3.05) is 19.7 Å². The van der Waals surface area contributed by atoms with Gasteiger partial charge in [0.2, 0.25) is 5.91 Å². The summed E-state index contributed by atoms with van der Waals surface area (Å²) in [6.45, 7) is 0.768. The van der Waals surface area contributed by atoms with Gasteiger partial charge in [0.1, 0.15) is 0 Å². The minimum Gasteiger partial charge on any atom is -0.439 e. The summed E-state index contributed by atoms with van der Waals surface area (Å²) in [6.07, 6.45) is 4.81. The van der Waals surface area contributed by atoms with E-state index in [9.17, 15) is 14.4 Å². The molecule has 6 nitrogen and oxygen atoms in total. The van der Waals surface area contributed by atoms with Gasteiger partial charge in [-0.1, -0.05) is 12.8 Å². The predicted molar refractivity (Wildman–Crippen MR) is 65.1 cm³/mol. The first-order valence-corrected chi connectivity index (χ1v) is 6.91. The molecule has 3 rings (SSSR count). The van der Waals surface area contributed by atoms with E-state index in [4.69, 9.17) is 0 Å². The van der Waals surface area contributed by atoms with Crippen LogP contribution in [-0.2, 0) is 14.3 Å². The maximum absolute atomic E-state index is 12.0. The van der Waals surface area contributed by atoms with Gasteiger partial charge in [-0.2, -0.15) is 0 Å². The van der Waals surface area contributed by atoms with E-state index in [1.165, 1.54) is 12.8 Å². The van der Waals surface area contributed by atoms with E-state index in [1.807, 2.05) is 0 Å². The van der Waals surface area contributed by atoms with Crippen molar-refractivity contribution in [1.29, 1.82) is 0 Å². The van der Waals surface area contributed by atoms with Gasteiger partial charge >= 0.3 is 6.09 Å². The van der Waals surface area contributed by atoms with Crippen LogP contribution in [0.15, 0.2) is 0 Å². The van der Waals surface area contributed by atoms with E-state index in [0.717, 1.165) is 17.7 Å². The maximum atomic E-state index is 12.0. The molecule has 3 aliphatic rings. The maximum Gasteiger partial charge on any atom is 0.417 e. The topological polar surface area (TPSA) is 66.9 Å². The highest BCUT2D eigenvalue weighted by atomic mass is 16.6. The fraction of sp³-hybridized carbons (Fsp3) is 0.769. The second-order valence-electron chi connectivity index (χ2n) is 5.63. The summed E-state index contributed by atoms with van der Waals surface area (Å²) in [5.41, 5.74) is 0. The van der Waals surface area contributed by atoms with Crippen molar-refractivity contribution in [3.05, 3.63) is 0 Å². The average Bonchev–Trinajstić information content (AvgIpc) is 2.91. The zero-order valence-electron chi connectivity index (χ0n) is 10.8. The first kappa shape index (κ1) is 12.4. The zero-order valence-corrected chi connectivity index (χ0v) is 10.8. The van der Waals surface area contributed by atoms with Crippen molar-refractivity contribution in [1.82, 2.24) is 9.80 Å². The molecule has 1 saturated carbocycles. The van der Waals surface area contributed by atoms with Crippen molar-refractivity contribution < 1.29 is 19.1 Å². The number of amides is 3.